The van der Waals surface area contributed by atoms with Crippen molar-refractivity contribution in [3.8, 4) is 0 Å². The smallest absolute Gasteiger partial charge is 0.237 e. The molecule has 1 amide bonds. The third-order valence-electron chi connectivity index (χ3n) is 2.50. The van der Waals surface area contributed by atoms with E-state index in [4.69, 9.17) is 0 Å². The SMILES string of the molecule is Cl.O=C(NC1CNC1)C1CCCN1. The maximum atomic E-state index is 11.4. The Labute approximate surface area is 84.2 Å². The van der Waals surface area contributed by atoms with E-state index in [9.17, 15) is 4.79 Å². The highest BCUT2D eigenvalue weighted by molar-refractivity contribution is 5.85. The van der Waals surface area contributed by atoms with Crippen LogP contribution < -0.4 is 16.0 Å². The average molecular weight is 206 g/mol. The molecule has 2 saturated heterocycles. The lowest BCUT2D eigenvalue weighted by molar-refractivity contribution is -0.123. The zero-order valence-corrected chi connectivity index (χ0v) is 8.32. The van der Waals surface area contributed by atoms with E-state index in [2.05, 4.69) is 16.0 Å². The van der Waals surface area contributed by atoms with Crippen LogP contribution in [0.5, 0.6) is 0 Å². The molecule has 2 heterocycles. The predicted molar refractivity (Wildman–Crippen MR) is 53.1 cm³/mol. The van der Waals surface area contributed by atoms with E-state index < -0.39 is 0 Å². The summed E-state index contributed by atoms with van der Waals surface area (Å²) in [5, 5.41) is 9.29. The van der Waals surface area contributed by atoms with Crippen molar-refractivity contribution in [2.24, 2.45) is 0 Å². The molecule has 0 bridgehead atoms. The van der Waals surface area contributed by atoms with E-state index >= 15 is 0 Å². The second-order valence-corrected chi connectivity index (χ2v) is 3.51. The Hall–Kier alpha value is -0.320. The van der Waals surface area contributed by atoms with E-state index in [1.54, 1.807) is 0 Å². The van der Waals surface area contributed by atoms with Crippen LogP contribution in [0.3, 0.4) is 0 Å². The second-order valence-electron chi connectivity index (χ2n) is 3.51. The quantitative estimate of drug-likeness (QED) is 0.556. The van der Waals surface area contributed by atoms with Crippen LogP contribution in [-0.2, 0) is 4.79 Å². The van der Waals surface area contributed by atoms with Crippen LogP contribution in [0.1, 0.15) is 12.8 Å². The number of hydrogen-bond acceptors (Lipinski definition) is 3. The molecule has 4 nitrogen and oxygen atoms in total. The van der Waals surface area contributed by atoms with E-state index in [1.165, 1.54) is 0 Å². The van der Waals surface area contributed by atoms with E-state index in [0.29, 0.717) is 6.04 Å². The molecule has 0 radical (unpaired) electrons. The van der Waals surface area contributed by atoms with Crippen molar-refractivity contribution in [1.29, 1.82) is 0 Å². The molecule has 2 rings (SSSR count). The lowest BCUT2D eigenvalue weighted by Crippen LogP contribution is -2.59. The molecule has 3 N–H and O–H groups in total. The Bertz CT molecular complexity index is 178. The third-order valence-corrected chi connectivity index (χ3v) is 2.50. The minimum atomic E-state index is 0. The zero-order chi connectivity index (χ0) is 8.39. The zero-order valence-electron chi connectivity index (χ0n) is 7.51. The number of amides is 1. The highest BCUT2D eigenvalue weighted by atomic mass is 35.5. The molecule has 1 atom stereocenters. The van der Waals surface area contributed by atoms with Gasteiger partial charge in [-0.3, -0.25) is 4.79 Å². The maximum absolute atomic E-state index is 11.4. The molecule has 2 fully saturated rings. The summed E-state index contributed by atoms with van der Waals surface area (Å²) in [6.45, 7) is 2.85. The van der Waals surface area contributed by atoms with Gasteiger partial charge in [0.15, 0.2) is 0 Å². The summed E-state index contributed by atoms with van der Waals surface area (Å²) in [6, 6.07) is 0.450. The van der Waals surface area contributed by atoms with Gasteiger partial charge in [-0.2, -0.15) is 0 Å². The summed E-state index contributed by atoms with van der Waals surface area (Å²) in [6.07, 6.45) is 2.12. The van der Waals surface area contributed by atoms with Crippen molar-refractivity contribution in [3.05, 3.63) is 0 Å². The van der Waals surface area contributed by atoms with Crippen LogP contribution in [0.4, 0.5) is 0 Å². The number of hydrogen-bond donors (Lipinski definition) is 3. The van der Waals surface area contributed by atoms with E-state index in [-0.39, 0.29) is 24.4 Å². The lowest BCUT2D eigenvalue weighted by atomic mass is 10.1. The normalized spacial score (nSPS) is 27.5. The summed E-state index contributed by atoms with van der Waals surface area (Å²) in [5.41, 5.74) is 0. The monoisotopic (exact) mass is 205 g/mol. The van der Waals surface area contributed by atoms with Crippen LogP contribution in [0.25, 0.3) is 0 Å². The lowest BCUT2D eigenvalue weighted by Gasteiger charge is -2.29. The van der Waals surface area contributed by atoms with E-state index in [0.717, 1.165) is 32.5 Å². The van der Waals surface area contributed by atoms with Gasteiger partial charge in [-0.1, -0.05) is 0 Å². The van der Waals surface area contributed by atoms with Gasteiger partial charge in [0.2, 0.25) is 5.91 Å². The number of rotatable bonds is 2. The standard InChI is InChI=1S/C8H15N3O.ClH/c12-8(7-2-1-3-10-7)11-6-4-9-5-6;/h6-7,9-10H,1-5H2,(H,11,12);1H. The highest BCUT2D eigenvalue weighted by Crippen LogP contribution is 2.05. The topological polar surface area (TPSA) is 53.2 Å². The maximum Gasteiger partial charge on any atom is 0.237 e. The van der Waals surface area contributed by atoms with Gasteiger partial charge in [-0.05, 0) is 19.4 Å². The molecule has 0 aliphatic carbocycles. The molecule has 1 unspecified atom stereocenters. The Balaban J connectivity index is 0.000000845. The van der Waals surface area contributed by atoms with Gasteiger partial charge >= 0.3 is 0 Å². The summed E-state index contributed by atoms with van der Waals surface area (Å²) >= 11 is 0. The van der Waals surface area contributed by atoms with Crippen LogP contribution in [0.2, 0.25) is 0 Å². The first-order valence-electron chi connectivity index (χ1n) is 4.61. The average Bonchev–Trinajstić information content (AvgIpc) is 2.47. The van der Waals surface area contributed by atoms with Gasteiger partial charge in [0.1, 0.15) is 0 Å². The fourth-order valence-corrected chi connectivity index (χ4v) is 1.60. The largest absolute Gasteiger partial charge is 0.349 e. The van der Waals surface area contributed by atoms with Gasteiger partial charge in [-0.25, -0.2) is 0 Å². The fourth-order valence-electron chi connectivity index (χ4n) is 1.60. The number of carbonyl (C=O) groups is 1. The first kappa shape index (κ1) is 10.8. The Morgan fingerprint density at radius 3 is 2.62 bits per heavy atom. The van der Waals surface area contributed by atoms with E-state index in [1.807, 2.05) is 0 Å². The van der Waals surface area contributed by atoms with Crippen molar-refractivity contribution in [2.45, 2.75) is 24.9 Å². The van der Waals surface area contributed by atoms with Crippen LogP contribution in [-0.4, -0.2) is 37.6 Å². The first-order valence-corrected chi connectivity index (χ1v) is 4.61. The van der Waals surface area contributed by atoms with Gasteiger partial charge in [0, 0.05) is 13.1 Å². The van der Waals surface area contributed by atoms with Crippen molar-refractivity contribution >= 4 is 18.3 Å². The van der Waals surface area contributed by atoms with Gasteiger partial charge < -0.3 is 16.0 Å². The predicted octanol–water partition coefficient (Wildman–Crippen LogP) is -0.752. The molecular formula is C8H16ClN3O. The number of carbonyl (C=O) groups excluding carboxylic acids is 1. The summed E-state index contributed by atoms with van der Waals surface area (Å²) < 4.78 is 0. The molecule has 5 heteroatoms. The van der Waals surface area contributed by atoms with Crippen molar-refractivity contribution in [3.63, 3.8) is 0 Å². The van der Waals surface area contributed by atoms with Crippen LogP contribution in [0.15, 0.2) is 0 Å². The molecule has 0 saturated carbocycles. The van der Waals surface area contributed by atoms with Gasteiger partial charge in [-0.15, -0.1) is 12.4 Å². The molecule has 0 aromatic heterocycles. The molecule has 2 aliphatic heterocycles. The Morgan fingerprint density at radius 2 is 2.15 bits per heavy atom. The Kier molecular flexibility index (Phi) is 3.96. The molecule has 13 heavy (non-hydrogen) atoms. The Morgan fingerprint density at radius 1 is 1.38 bits per heavy atom. The molecule has 2 aliphatic rings. The van der Waals surface area contributed by atoms with Gasteiger partial charge in [0.05, 0.1) is 12.1 Å². The summed E-state index contributed by atoms with van der Waals surface area (Å²) in [7, 11) is 0. The molecule has 76 valence electrons. The number of halogens is 1. The second kappa shape index (κ2) is 4.79. The summed E-state index contributed by atoms with van der Waals surface area (Å²) in [5.74, 6) is 0.180. The van der Waals surface area contributed by atoms with Crippen LogP contribution >= 0.6 is 12.4 Å². The van der Waals surface area contributed by atoms with Crippen molar-refractivity contribution in [1.82, 2.24) is 16.0 Å². The minimum Gasteiger partial charge on any atom is -0.349 e. The molecule has 0 spiro atoms. The first-order chi connectivity index (χ1) is 5.86. The summed E-state index contributed by atoms with van der Waals surface area (Å²) in [4.78, 5) is 11.4. The van der Waals surface area contributed by atoms with Crippen molar-refractivity contribution < 1.29 is 4.79 Å². The fraction of sp³-hybridized carbons (Fsp3) is 0.875. The highest BCUT2D eigenvalue weighted by Gasteiger charge is 2.26. The van der Waals surface area contributed by atoms with Crippen LogP contribution in [0, 0.1) is 0 Å². The van der Waals surface area contributed by atoms with Crippen molar-refractivity contribution in [2.75, 3.05) is 19.6 Å². The molecule has 0 aromatic carbocycles. The number of nitrogens with one attached hydrogen (secondary N) is 3. The minimum absolute atomic E-state index is 0. The molecular weight excluding hydrogens is 190 g/mol. The third kappa shape index (κ3) is 2.56. The van der Waals surface area contributed by atoms with Gasteiger partial charge in [0.25, 0.3) is 0 Å². The molecule has 0 aromatic rings.